The first-order valence-electron chi connectivity index (χ1n) is 4.47. The summed E-state index contributed by atoms with van der Waals surface area (Å²) in [5.74, 6) is 0. The second-order valence-corrected chi connectivity index (χ2v) is 2.89. The first-order chi connectivity index (χ1) is 6.42. The fourth-order valence-electron chi connectivity index (χ4n) is 1.24. The molecule has 0 unspecified atom stereocenters. The molecule has 3 heteroatoms. The molecule has 0 aromatic carbocycles. The number of hydrogen-bond acceptors (Lipinski definition) is 2. The van der Waals surface area contributed by atoms with Crippen molar-refractivity contribution in [1.29, 1.82) is 0 Å². The lowest BCUT2D eigenvalue weighted by Gasteiger charge is -2.04. The van der Waals surface area contributed by atoms with E-state index in [4.69, 9.17) is 4.84 Å². The van der Waals surface area contributed by atoms with Crippen LogP contribution in [0.15, 0.2) is 30.6 Å². The normalized spacial score (nSPS) is 10.5. The van der Waals surface area contributed by atoms with Crippen molar-refractivity contribution < 1.29 is 4.84 Å². The highest BCUT2D eigenvalue weighted by Crippen LogP contribution is 2.10. The van der Waals surface area contributed by atoms with Gasteiger partial charge < -0.3 is 4.84 Å². The maximum absolute atomic E-state index is 5.46. The Hall–Kier alpha value is -1.51. The van der Waals surface area contributed by atoms with Crippen molar-refractivity contribution in [3.8, 4) is 0 Å². The van der Waals surface area contributed by atoms with E-state index >= 15 is 0 Å². The third kappa shape index (κ3) is 1.49. The van der Waals surface area contributed by atoms with Crippen molar-refractivity contribution in [2.75, 3.05) is 6.61 Å². The Morgan fingerprint density at radius 3 is 3.23 bits per heavy atom. The van der Waals surface area contributed by atoms with Crippen LogP contribution in [0, 0.1) is 0 Å². The van der Waals surface area contributed by atoms with Crippen molar-refractivity contribution in [2.45, 2.75) is 13.3 Å². The van der Waals surface area contributed by atoms with Gasteiger partial charge in [-0.1, -0.05) is 6.92 Å². The van der Waals surface area contributed by atoms with Crippen LogP contribution in [0.4, 0.5) is 0 Å². The van der Waals surface area contributed by atoms with E-state index in [1.807, 2.05) is 24.4 Å². The highest BCUT2D eigenvalue weighted by atomic mass is 16.7. The van der Waals surface area contributed by atoms with Gasteiger partial charge in [-0.3, -0.25) is 0 Å². The summed E-state index contributed by atoms with van der Waals surface area (Å²) in [7, 11) is 0. The van der Waals surface area contributed by atoms with Gasteiger partial charge in [0.2, 0.25) is 0 Å². The lowest BCUT2D eigenvalue weighted by atomic mass is 10.3. The second-order valence-electron chi connectivity index (χ2n) is 2.89. The van der Waals surface area contributed by atoms with Crippen LogP contribution in [0.25, 0.3) is 11.0 Å². The smallest absolute Gasteiger partial charge is 0.175 e. The summed E-state index contributed by atoms with van der Waals surface area (Å²) in [5, 5.41) is 1.11. The molecule has 2 aromatic heterocycles. The van der Waals surface area contributed by atoms with Crippen molar-refractivity contribution >= 4 is 11.0 Å². The average molecular weight is 176 g/mol. The maximum atomic E-state index is 5.46. The number of nitrogens with zero attached hydrogens (tertiary/aromatic N) is 2. The molecule has 2 rings (SSSR count). The van der Waals surface area contributed by atoms with Gasteiger partial charge in [-0.15, -0.1) is 0 Å². The molecule has 0 aliphatic rings. The minimum Gasteiger partial charge on any atom is -0.412 e. The van der Waals surface area contributed by atoms with E-state index in [2.05, 4.69) is 11.9 Å². The molecule has 13 heavy (non-hydrogen) atoms. The highest BCUT2D eigenvalue weighted by molar-refractivity contribution is 5.75. The van der Waals surface area contributed by atoms with Crippen LogP contribution < -0.4 is 4.84 Å². The Morgan fingerprint density at radius 2 is 2.38 bits per heavy atom. The van der Waals surface area contributed by atoms with Gasteiger partial charge in [-0.25, -0.2) is 4.98 Å². The van der Waals surface area contributed by atoms with E-state index in [1.165, 1.54) is 0 Å². The van der Waals surface area contributed by atoms with Gasteiger partial charge in [0.25, 0.3) is 0 Å². The van der Waals surface area contributed by atoms with E-state index in [1.54, 1.807) is 10.9 Å². The van der Waals surface area contributed by atoms with E-state index in [-0.39, 0.29) is 0 Å². The van der Waals surface area contributed by atoms with Crippen LogP contribution >= 0.6 is 0 Å². The molecule has 0 atom stereocenters. The monoisotopic (exact) mass is 176 g/mol. The Bertz CT molecular complexity index is 394. The molecule has 0 saturated heterocycles. The van der Waals surface area contributed by atoms with E-state index in [9.17, 15) is 0 Å². The predicted octanol–water partition coefficient (Wildman–Crippen LogP) is 1.87. The third-order valence-electron chi connectivity index (χ3n) is 1.85. The van der Waals surface area contributed by atoms with Crippen molar-refractivity contribution in [3.05, 3.63) is 30.6 Å². The van der Waals surface area contributed by atoms with Gasteiger partial charge in [0.1, 0.15) is 6.61 Å². The summed E-state index contributed by atoms with van der Waals surface area (Å²) in [6, 6.07) is 5.94. The van der Waals surface area contributed by atoms with Crippen LogP contribution in [0.1, 0.15) is 13.3 Å². The molecule has 0 amide bonds. The van der Waals surface area contributed by atoms with Crippen LogP contribution in [0.3, 0.4) is 0 Å². The Morgan fingerprint density at radius 1 is 1.46 bits per heavy atom. The van der Waals surface area contributed by atoms with Crippen LogP contribution in [-0.2, 0) is 0 Å². The third-order valence-corrected chi connectivity index (χ3v) is 1.85. The number of aromatic nitrogens is 2. The van der Waals surface area contributed by atoms with Crippen LogP contribution in [0.2, 0.25) is 0 Å². The molecule has 0 aliphatic heterocycles. The van der Waals surface area contributed by atoms with E-state index < -0.39 is 0 Å². The van der Waals surface area contributed by atoms with Crippen molar-refractivity contribution in [3.63, 3.8) is 0 Å². The second kappa shape index (κ2) is 3.47. The molecular weight excluding hydrogens is 164 g/mol. The zero-order valence-electron chi connectivity index (χ0n) is 7.60. The van der Waals surface area contributed by atoms with Crippen LogP contribution in [0.5, 0.6) is 0 Å². The lowest BCUT2D eigenvalue weighted by molar-refractivity contribution is 0.119. The minimum atomic E-state index is 0.723. The molecule has 2 heterocycles. The first kappa shape index (κ1) is 8.10. The molecule has 0 bridgehead atoms. The van der Waals surface area contributed by atoms with Gasteiger partial charge in [0, 0.05) is 17.8 Å². The van der Waals surface area contributed by atoms with Crippen LogP contribution in [-0.4, -0.2) is 16.3 Å². The van der Waals surface area contributed by atoms with Gasteiger partial charge in [0.15, 0.2) is 5.65 Å². The molecule has 0 radical (unpaired) electrons. The molecule has 0 fully saturated rings. The van der Waals surface area contributed by atoms with E-state index in [0.717, 1.165) is 24.1 Å². The Balaban J connectivity index is 2.35. The largest absolute Gasteiger partial charge is 0.412 e. The molecule has 0 aliphatic carbocycles. The van der Waals surface area contributed by atoms with Gasteiger partial charge in [0.05, 0.1) is 0 Å². The molecule has 2 aromatic rings. The summed E-state index contributed by atoms with van der Waals surface area (Å²) >= 11 is 0. The van der Waals surface area contributed by atoms with Crippen molar-refractivity contribution in [1.82, 2.24) is 9.71 Å². The Kier molecular flexibility index (Phi) is 2.17. The fourth-order valence-corrected chi connectivity index (χ4v) is 1.24. The average Bonchev–Trinajstić information content (AvgIpc) is 2.58. The summed E-state index contributed by atoms with van der Waals surface area (Å²) in [5.41, 5.74) is 0.885. The lowest BCUT2D eigenvalue weighted by Crippen LogP contribution is -2.10. The molecule has 0 N–H and O–H groups in total. The number of pyridine rings is 1. The standard InChI is InChI=1S/C10H12N2O/c1-2-8-13-12-7-5-9-4-3-6-11-10(9)12/h3-7H,2,8H2,1H3. The van der Waals surface area contributed by atoms with Gasteiger partial charge in [-0.2, -0.15) is 4.73 Å². The topological polar surface area (TPSA) is 27.1 Å². The molecular formula is C10H12N2O. The first-order valence-corrected chi connectivity index (χ1v) is 4.47. The van der Waals surface area contributed by atoms with Gasteiger partial charge >= 0.3 is 0 Å². The zero-order valence-corrected chi connectivity index (χ0v) is 7.60. The summed E-state index contributed by atoms with van der Waals surface area (Å²) in [6.45, 7) is 2.81. The minimum absolute atomic E-state index is 0.723. The summed E-state index contributed by atoms with van der Waals surface area (Å²) in [6.07, 6.45) is 4.67. The number of hydrogen-bond donors (Lipinski definition) is 0. The SMILES string of the molecule is CCCOn1ccc2cccnc21. The fraction of sp³-hybridized carbons (Fsp3) is 0.300. The summed E-state index contributed by atoms with van der Waals surface area (Å²) < 4.78 is 1.72. The predicted molar refractivity (Wildman–Crippen MR) is 51.5 cm³/mol. The highest BCUT2D eigenvalue weighted by Gasteiger charge is 2.00. The number of fused-ring (bicyclic) bond motifs is 1. The summed E-state index contributed by atoms with van der Waals surface area (Å²) in [4.78, 5) is 9.69. The quantitative estimate of drug-likeness (QED) is 0.713. The molecule has 68 valence electrons. The van der Waals surface area contributed by atoms with Gasteiger partial charge in [-0.05, 0) is 24.6 Å². The zero-order chi connectivity index (χ0) is 9.10. The molecule has 3 nitrogen and oxygen atoms in total. The van der Waals surface area contributed by atoms with E-state index in [0.29, 0.717) is 0 Å². The molecule has 0 saturated carbocycles. The van der Waals surface area contributed by atoms with Crippen molar-refractivity contribution in [2.24, 2.45) is 0 Å². The Labute approximate surface area is 76.9 Å². The molecule has 0 spiro atoms. The number of rotatable bonds is 3. The maximum Gasteiger partial charge on any atom is 0.175 e.